The molecule has 0 fully saturated rings. The first-order valence-electron chi connectivity index (χ1n) is 8.74. The Bertz CT molecular complexity index is 196. The maximum absolute atomic E-state index is 3.56. The fraction of sp³-hybridized carbons (Fsp3) is 0.889. The van der Waals surface area contributed by atoms with Crippen LogP contribution in [-0.2, 0) is 0 Å². The van der Waals surface area contributed by atoms with Crippen LogP contribution in [0.4, 0.5) is 0 Å². The van der Waals surface area contributed by atoms with Gasteiger partial charge < -0.3 is 5.32 Å². The third-order valence-corrected chi connectivity index (χ3v) is 3.75. The van der Waals surface area contributed by atoms with E-state index in [-0.39, 0.29) is 0 Å². The topological polar surface area (TPSA) is 12.0 Å². The van der Waals surface area contributed by atoms with Gasteiger partial charge in [0.2, 0.25) is 0 Å². The van der Waals surface area contributed by atoms with Gasteiger partial charge in [0.1, 0.15) is 0 Å². The molecule has 1 nitrogen and oxygen atoms in total. The minimum absolute atomic E-state index is 1.16. The predicted molar refractivity (Wildman–Crippen MR) is 88.5 cm³/mol. The van der Waals surface area contributed by atoms with Crippen LogP contribution in [0, 0.1) is 0 Å². The van der Waals surface area contributed by atoms with Crippen LogP contribution >= 0.6 is 0 Å². The van der Waals surface area contributed by atoms with Crippen molar-refractivity contribution in [3.8, 4) is 0 Å². The Kier molecular flexibility index (Phi) is 15.2. The summed E-state index contributed by atoms with van der Waals surface area (Å²) in [4.78, 5) is 0. The summed E-state index contributed by atoms with van der Waals surface area (Å²) in [5.74, 6) is 0. The lowest BCUT2D eigenvalue weighted by Gasteiger charge is -2.09. The molecule has 0 bridgehead atoms. The molecule has 114 valence electrons. The van der Waals surface area contributed by atoms with Crippen molar-refractivity contribution in [2.45, 2.75) is 97.8 Å². The molecule has 1 heteroatoms. The normalized spacial score (nSPS) is 11.8. The monoisotopic (exact) mass is 267 g/mol. The molecular weight excluding hydrogens is 230 g/mol. The van der Waals surface area contributed by atoms with Crippen LogP contribution in [0.25, 0.3) is 0 Å². The van der Waals surface area contributed by atoms with Crippen molar-refractivity contribution in [2.75, 3.05) is 6.54 Å². The predicted octanol–water partition coefficient (Wildman–Crippen LogP) is 6.20. The van der Waals surface area contributed by atoms with Crippen LogP contribution in [0.2, 0.25) is 0 Å². The molecule has 0 amide bonds. The van der Waals surface area contributed by atoms with E-state index in [1.54, 1.807) is 0 Å². The standard InChI is InChI=1S/C18H37N/c1-4-7-8-9-10-11-12-13-14-15-17-19-18(6-3)16-5-2/h6,19H,4-5,7-17H2,1-3H3. The number of rotatable bonds is 14. The van der Waals surface area contributed by atoms with Gasteiger partial charge in [-0.2, -0.15) is 0 Å². The first kappa shape index (κ1) is 18.5. The molecule has 0 atom stereocenters. The lowest BCUT2D eigenvalue weighted by Crippen LogP contribution is -2.14. The Morgan fingerprint density at radius 3 is 1.74 bits per heavy atom. The maximum atomic E-state index is 3.56. The fourth-order valence-electron chi connectivity index (χ4n) is 2.47. The average molecular weight is 268 g/mol. The highest BCUT2D eigenvalue weighted by molar-refractivity contribution is 4.96. The van der Waals surface area contributed by atoms with E-state index in [9.17, 15) is 0 Å². The van der Waals surface area contributed by atoms with E-state index >= 15 is 0 Å². The highest BCUT2D eigenvalue weighted by Gasteiger charge is 1.95. The van der Waals surface area contributed by atoms with Gasteiger partial charge in [-0.25, -0.2) is 0 Å². The third kappa shape index (κ3) is 13.8. The molecule has 0 spiro atoms. The Hall–Kier alpha value is -0.460. The molecule has 0 saturated carbocycles. The van der Waals surface area contributed by atoms with Crippen LogP contribution in [-0.4, -0.2) is 6.54 Å². The summed E-state index contributed by atoms with van der Waals surface area (Å²) >= 11 is 0. The van der Waals surface area contributed by atoms with Crippen molar-refractivity contribution in [2.24, 2.45) is 0 Å². The fourth-order valence-corrected chi connectivity index (χ4v) is 2.47. The highest BCUT2D eigenvalue weighted by atomic mass is 14.9. The molecule has 1 N–H and O–H groups in total. The summed E-state index contributed by atoms with van der Waals surface area (Å²) in [5.41, 5.74) is 1.43. The van der Waals surface area contributed by atoms with Crippen LogP contribution in [0.1, 0.15) is 97.8 Å². The van der Waals surface area contributed by atoms with Crippen molar-refractivity contribution >= 4 is 0 Å². The van der Waals surface area contributed by atoms with Gasteiger partial charge in [-0.1, -0.05) is 84.1 Å². The van der Waals surface area contributed by atoms with Gasteiger partial charge in [-0.3, -0.25) is 0 Å². The van der Waals surface area contributed by atoms with Crippen LogP contribution in [0.15, 0.2) is 11.8 Å². The number of hydrogen-bond acceptors (Lipinski definition) is 1. The molecule has 0 aromatic rings. The summed E-state index contributed by atoms with van der Waals surface area (Å²) in [6.45, 7) is 7.83. The maximum Gasteiger partial charge on any atom is 0.0143 e. The summed E-state index contributed by atoms with van der Waals surface area (Å²) in [6.07, 6.45) is 18.9. The van der Waals surface area contributed by atoms with E-state index in [1.165, 1.54) is 82.7 Å². The lowest BCUT2D eigenvalue weighted by molar-refractivity contribution is 0.550. The second-order valence-electron chi connectivity index (χ2n) is 5.67. The van der Waals surface area contributed by atoms with Crippen molar-refractivity contribution in [1.29, 1.82) is 0 Å². The molecule has 0 aliphatic carbocycles. The number of unbranched alkanes of at least 4 members (excludes halogenated alkanes) is 9. The summed E-state index contributed by atoms with van der Waals surface area (Å²) in [7, 11) is 0. The Morgan fingerprint density at radius 1 is 0.737 bits per heavy atom. The molecule has 0 unspecified atom stereocenters. The van der Waals surface area contributed by atoms with Crippen LogP contribution in [0.3, 0.4) is 0 Å². The number of allylic oxidation sites excluding steroid dienone is 2. The zero-order valence-electron chi connectivity index (χ0n) is 13.8. The van der Waals surface area contributed by atoms with Crippen molar-refractivity contribution < 1.29 is 0 Å². The van der Waals surface area contributed by atoms with Gasteiger partial charge >= 0.3 is 0 Å². The van der Waals surface area contributed by atoms with Crippen molar-refractivity contribution in [1.82, 2.24) is 5.32 Å². The Labute approximate surface area is 122 Å². The molecule has 0 aromatic carbocycles. The summed E-state index contributed by atoms with van der Waals surface area (Å²) < 4.78 is 0. The van der Waals surface area contributed by atoms with Gasteiger partial charge in [0.15, 0.2) is 0 Å². The van der Waals surface area contributed by atoms with Gasteiger partial charge in [0, 0.05) is 12.2 Å². The minimum Gasteiger partial charge on any atom is -0.389 e. The minimum atomic E-state index is 1.16. The molecule has 19 heavy (non-hydrogen) atoms. The molecule has 0 aromatic heterocycles. The lowest BCUT2D eigenvalue weighted by atomic mass is 10.1. The van der Waals surface area contributed by atoms with Gasteiger partial charge in [-0.15, -0.1) is 0 Å². The molecule has 0 radical (unpaired) electrons. The smallest absolute Gasteiger partial charge is 0.0143 e. The van der Waals surface area contributed by atoms with Crippen molar-refractivity contribution in [3.05, 3.63) is 11.8 Å². The van der Waals surface area contributed by atoms with E-state index in [0.29, 0.717) is 0 Å². The SMILES string of the molecule is CC=C(CCC)NCCCCCCCCCCCC. The van der Waals surface area contributed by atoms with E-state index in [0.717, 1.165) is 6.54 Å². The van der Waals surface area contributed by atoms with E-state index < -0.39 is 0 Å². The second-order valence-corrected chi connectivity index (χ2v) is 5.67. The van der Waals surface area contributed by atoms with Gasteiger partial charge in [-0.05, 0) is 19.8 Å². The largest absolute Gasteiger partial charge is 0.389 e. The van der Waals surface area contributed by atoms with Crippen LogP contribution in [0.5, 0.6) is 0 Å². The molecular formula is C18H37N. The first-order valence-corrected chi connectivity index (χ1v) is 8.74. The summed E-state index contributed by atoms with van der Waals surface area (Å²) in [5, 5.41) is 3.56. The quantitative estimate of drug-likeness (QED) is 0.369. The first-order chi connectivity index (χ1) is 9.35. The van der Waals surface area contributed by atoms with E-state index in [2.05, 4.69) is 32.2 Å². The zero-order chi connectivity index (χ0) is 14.2. The average Bonchev–Trinajstić information content (AvgIpc) is 2.43. The second kappa shape index (κ2) is 15.6. The zero-order valence-corrected chi connectivity index (χ0v) is 13.8. The molecule has 0 heterocycles. The van der Waals surface area contributed by atoms with Gasteiger partial charge in [0.05, 0.1) is 0 Å². The molecule has 0 aliphatic rings. The summed E-state index contributed by atoms with van der Waals surface area (Å²) in [6, 6.07) is 0. The Balaban J connectivity index is 3.14. The number of nitrogens with one attached hydrogen (secondary N) is 1. The molecule has 0 aliphatic heterocycles. The van der Waals surface area contributed by atoms with Crippen molar-refractivity contribution in [3.63, 3.8) is 0 Å². The molecule has 0 saturated heterocycles. The van der Waals surface area contributed by atoms with Gasteiger partial charge in [0.25, 0.3) is 0 Å². The van der Waals surface area contributed by atoms with E-state index in [4.69, 9.17) is 0 Å². The highest BCUT2D eigenvalue weighted by Crippen LogP contribution is 2.10. The Morgan fingerprint density at radius 2 is 1.26 bits per heavy atom. The van der Waals surface area contributed by atoms with E-state index in [1.807, 2.05) is 0 Å². The third-order valence-electron chi connectivity index (χ3n) is 3.75. The number of hydrogen-bond donors (Lipinski definition) is 1. The van der Waals surface area contributed by atoms with Crippen LogP contribution < -0.4 is 5.32 Å². The molecule has 0 rings (SSSR count).